The topological polar surface area (TPSA) is 56.7 Å². The van der Waals surface area contributed by atoms with E-state index in [2.05, 4.69) is 15.6 Å². The average molecular weight is 337 g/mol. The highest BCUT2D eigenvalue weighted by Gasteiger charge is 2.25. The van der Waals surface area contributed by atoms with Crippen LogP contribution in [-0.2, 0) is 11.3 Å². The van der Waals surface area contributed by atoms with Crippen LogP contribution in [0.2, 0.25) is 5.02 Å². The van der Waals surface area contributed by atoms with Crippen molar-refractivity contribution in [2.24, 2.45) is 4.99 Å². The lowest BCUT2D eigenvalue weighted by Gasteiger charge is -2.18. The first kappa shape index (κ1) is 17.6. The van der Waals surface area contributed by atoms with Crippen LogP contribution in [0.25, 0.3) is 0 Å². The molecule has 23 heavy (non-hydrogen) atoms. The third kappa shape index (κ3) is 5.43. The van der Waals surface area contributed by atoms with Crippen LogP contribution < -0.4 is 10.6 Å². The molecule has 1 heterocycles. The molecule has 126 valence electrons. The highest BCUT2D eigenvalue weighted by Crippen LogP contribution is 2.12. The van der Waals surface area contributed by atoms with Crippen LogP contribution in [-0.4, -0.2) is 42.4 Å². The van der Waals surface area contributed by atoms with Crippen molar-refractivity contribution in [1.29, 1.82) is 0 Å². The normalized spacial score (nSPS) is 18.1. The molecule has 1 aromatic carbocycles. The quantitative estimate of drug-likeness (QED) is 0.641. The predicted octanol–water partition coefficient (Wildman–Crippen LogP) is 2.41. The summed E-state index contributed by atoms with van der Waals surface area (Å²) in [5, 5.41) is 7.42. The van der Waals surface area contributed by atoms with Crippen molar-refractivity contribution in [2.75, 3.05) is 19.6 Å². The second-order valence-electron chi connectivity index (χ2n) is 5.64. The molecule has 1 unspecified atom stereocenters. The van der Waals surface area contributed by atoms with Crippen LogP contribution in [0.4, 0.5) is 0 Å². The van der Waals surface area contributed by atoms with E-state index in [1.807, 2.05) is 43.0 Å². The molecule has 1 aliphatic rings. The molecule has 5 nitrogen and oxygen atoms in total. The SMILES string of the molecule is CCNC(=NCc1ccc(Cl)cc1)NC1CCN(C(=O)CC)C1. The first-order chi connectivity index (χ1) is 11.1. The molecule has 0 aliphatic carbocycles. The smallest absolute Gasteiger partial charge is 0.222 e. The van der Waals surface area contributed by atoms with Gasteiger partial charge >= 0.3 is 0 Å². The van der Waals surface area contributed by atoms with Gasteiger partial charge in [0, 0.05) is 37.1 Å². The first-order valence-electron chi connectivity index (χ1n) is 8.19. The van der Waals surface area contributed by atoms with E-state index in [1.54, 1.807) is 0 Å². The van der Waals surface area contributed by atoms with Gasteiger partial charge in [0.1, 0.15) is 0 Å². The number of hydrogen-bond acceptors (Lipinski definition) is 2. The van der Waals surface area contributed by atoms with Gasteiger partial charge in [-0.25, -0.2) is 4.99 Å². The zero-order valence-electron chi connectivity index (χ0n) is 13.8. The molecule has 6 heteroatoms. The summed E-state index contributed by atoms with van der Waals surface area (Å²) >= 11 is 5.90. The number of likely N-dealkylation sites (tertiary alicyclic amines) is 1. The minimum atomic E-state index is 0.220. The fourth-order valence-corrected chi connectivity index (χ4v) is 2.73. The Bertz CT molecular complexity index is 544. The number of aliphatic imine (C=N–C) groups is 1. The van der Waals surface area contributed by atoms with Gasteiger partial charge in [-0.3, -0.25) is 4.79 Å². The van der Waals surface area contributed by atoms with E-state index in [9.17, 15) is 4.79 Å². The van der Waals surface area contributed by atoms with E-state index in [-0.39, 0.29) is 11.9 Å². The highest BCUT2D eigenvalue weighted by atomic mass is 35.5. The van der Waals surface area contributed by atoms with E-state index in [1.165, 1.54) is 0 Å². The van der Waals surface area contributed by atoms with Gasteiger partial charge in [-0.1, -0.05) is 30.7 Å². The third-order valence-corrected chi connectivity index (χ3v) is 4.11. The molecule has 1 saturated heterocycles. The largest absolute Gasteiger partial charge is 0.357 e. The van der Waals surface area contributed by atoms with Gasteiger partial charge in [-0.15, -0.1) is 0 Å². The van der Waals surface area contributed by atoms with Crippen molar-refractivity contribution < 1.29 is 4.79 Å². The number of nitrogens with zero attached hydrogens (tertiary/aromatic N) is 2. The average Bonchev–Trinajstić information content (AvgIpc) is 3.02. The number of carbonyl (C=O) groups is 1. The molecule has 1 aliphatic heterocycles. The Morgan fingerprint density at radius 2 is 2.09 bits per heavy atom. The van der Waals surface area contributed by atoms with E-state index in [4.69, 9.17) is 11.6 Å². The maximum absolute atomic E-state index is 11.8. The maximum atomic E-state index is 11.8. The van der Waals surface area contributed by atoms with Crippen molar-refractivity contribution >= 4 is 23.5 Å². The predicted molar refractivity (Wildman–Crippen MR) is 94.7 cm³/mol. The third-order valence-electron chi connectivity index (χ3n) is 3.86. The lowest BCUT2D eigenvalue weighted by atomic mass is 10.2. The molecule has 1 amide bonds. The van der Waals surface area contributed by atoms with Gasteiger partial charge in [0.2, 0.25) is 5.91 Å². The molecule has 0 saturated carbocycles. The molecule has 0 radical (unpaired) electrons. The molecule has 1 fully saturated rings. The number of nitrogens with one attached hydrogen (secondary N) is 2. The summed E-state index contributed by atoms with van der Waals surface area (Å²) in [7, 11) is 0. The standard InChI is InChI=1S/C17H25ClN4O/c1-3-16(23)22-10-9-15(12-22)21-17(19-4-2)20-11-13-5-7-14(18)8-6-13/h5-8,15H,3-4,9-12H2,1-2H3,(H2,19,20,21). The van der Waals surface area contributed by atoms with E-state index in [0.717, 1.165) is 42.6 Å². The number of benzene rings is 1. The molecule has 1 aromatic rings. The van der Waals surface area contributed by atoms with E-state index < -0.39 is 0 Å². The van der Waals surface area contributed by atoms with E-state index >= 15 is 0 Å². The minimum absolute atomic E-state index is 0.220. The minimum Gasteiger partial charge on any atom is -0.357 e. The monoisotopic (exact) mass is 336 g/mol. The number of halogens is 1. The second kappa shape index (κ2) is 8.77. The summed E-state index contributed by atoms with van der Waals surface area (Å²) in [4.78, 5) is 18.3. The lowest BCUT2D eigenvalue weighted by Crippen LogP contribution is -2.45. The number of rotatable bonds is 5. The summed E-state index contributed by atoms with van der Waals surface area (Å²) < 4.78 is 0. The van der Waals surface area contributed by atoms with Crippen LogP contribution >= 0.6 is 11.6 Å². The fraction of sp³-hybridized carbons (Fsp3) is 0.529. The van der Waals surface area contributed by atoms with Gasteiger partial charge in [-0.2, -0.15) is 0 Å². The number of amides is 1. The van der Waals surface area contributed by atoms with Crippen molar-refractivity contribution in [1.82, 2.24) is 15.5 Å². The Morgan fingerprint density at radius 3 is 2.74 bits per heavy atom. The van der Waals surface area contributed by atoms with Crippen LogP contribution in [0.15, 0.2) is 29.3 Å². The van der Waals surface area contributed by atoms with Gasteiger partial charge in [0.05, 0.1) is 6.54 Å². The summed E-state index contributed by atoms with van der Waals surface area (Å²) in [5.41, 5.74) is 1.11. The van der Waals surface area contributed by atoms with Crippen molar-refractivity contribution in [3.8, 4) is 0 Å². The Labute approximate surface area is 143 Å². The molecule has 0 aromatic heterocycles. The zero-order valence-corrected chi connectivity index (χ0v) is 14.6. The Morgan fingerprint density at radius 1 is 1.35 bits per heavy atom. The summed E-state index contributed by atoms with van der Waals surface area (Å²) in [5.74, 6) is 1.01. The summed E-state index contributed by atoms with van der Waals surface area (Å²) in [6.45, 7) is 6.91. The number of hydrogen-bond donors (Lipinski definition) is 2. The van der Waals surface area contributed by atoms with Crippen LogP contribution in [0.3, 0.4) is 0 Å². The van der Waals surface area contributed by atoms with Gasteiger partial charge < -0.3 is 15.5 Å². The van der Waals surface area contributed by atoms with Crippen molar-refractivity contribution in [3.63, 3.8) is 0 Å². The Hall–Kier alpha value is -1.75. The summed E-state index contributed by atoms with van der Waals surface area (Å²) in [6, 6.07) is 7.96. The van der Waals surface area contributed by atoms with Gasteiger partial charge in [0.25, 0.3) is 0 Å². The zero-order chi connectivity index (χ0) is 16.7. The molecule has 0 bridgehead atoms. The number of carbonyl (C=O) groups excluding carboxylic acids is 1. The van der Waals surface area contributed by atoms with Crippen LogP contribution in [0.5, 0.6) is 0 Å². The Balaban J connectivity index is 1.92. The Kier molecular flexibility index (Phi) is 6.71. The first-order valence-corrected chi connectivity index (χ1v) is 8.57. The van der Waals surface area contributed by atoms with E-state index in [0.29, 0.717) is 13.0 Å². The van der Waals surface area contributed by atoms with Gasteiger partial charge in [-0.05, 0) is 31.0 Å². The lowest BCUT2D eigenvalue weighted by molar-refractivity contribution is -0.129. The van der Waals surface area contributed by atoms with Crippen LogP contribution in [0, 0.1) is 0 Å². The molecule has 2 rings (SSSR count). The summed E-state index contributed by atoms with van der Waals surface area (Å²) in [6.07, 6.45) is 1.52. The molecule has 1 atom stereocenters. The highest BCUT2D eigenvalue weighted by molar-refractivity contribution is 6.30. The molecular weight excluding hydrogens is 312 g/mol. The van der Waals surface area contributed by atoms with Crippen molar-refractivity contribution in [3.05, 3.63) is 34.9 Å². The fourth-order valence-electron chi connectivity index (χ4n) is 2.60. The molecule has 2 N–H and O–H groups in total. The van der Waals surface area contributed by atoms with Crippen LogP contribution in [0.1, 0.15) is 32.3 Å². The maximum Gasteiger partial charge on any atom is 0.222 e. The number of guanidine groups is 1. The molecular formula is C17H25ClN4O. The second-order valence-corrected chi connectivity index (χ2v) is 6.08. The van der Waals surface area contributed by atoms with Crippen molar-refractivity contribution in [2.45, 2.75) is 39.3 Å². The van der Waals surface area contributed by atoms with Gasteiger partial charge in [0.15, 0.2) is 5.96 Å². The molecule has 0 spiro atoms.